The highest BCUT2D eigenvalue weighted by Crippen LogP contribution is 2.37. The monoisotopic (exact) mass is 344 g/mol. The van der Waals surface area contributed by atoms with E-state index < -0.39 is 22.4 Å². The highest BCUT2D eigenvalue weighted by atomic mass is 32.2. The largest absolute Gasteiger partial charge is 0.462 e. The Morgan fingerprint density at radius 2 is 1.12 bits per heavy atom. The van der Waals surface area contributed by atoms with Crippen LogP contribution in [0.1, 0.15) is 13.8 Å². The van der Waals surface area contributed by atoms with E-state index in [-0.39, 0.29) is 18.1 Å². The van der Waals surface area contributed by atoms with Crippen LogP contribution >= 0.6 is 10.5 Å². The van der Waals surface area contributed by atoms with Crippen molar-refractivity contribution in [3.05, 3.63) is 60.7 Å². The summed E-state index contributed by atoms with van der Waals surface area (Å²) in [6, 6.07) is 18.9. The zero-order chi connectivity index (χ0) is 17.4. The maximum Gasteiger partial charge on any atom is 0.352 e. The third-order valence-electron chi connectivity index (χ3n) is 3.08. The molecule has 0 radical (unpaired) electrons. The van der Waals surface area contributed by atoms with Gasteiger partial charge in [0.2, 0.25) is 0 Å². The van der Waals surface area contributed by atoms with Gasteiger partial charge in [0.25, 0.3) is 0 Å². The molecule has 0 aliphatic heterocycles. The molecule has 0 amide bonds. The first kappa shape index (κ1) is 17.9. The molecule has 0 bridgehead atoms. The van der Waals surface area contributed by atoms with Gasteiger partial charge in [-0.1, -0.05) is 36.4 Å². The van der Waals surface area contributed by atoms with Crippen LogP contribution in [0.5, 0.6) is 0 Å². The first-order chi connectivity index (χ1) is 11.7. The fraction of sp³-hybridized carbons (Fsp3) is 0.211. The molecular weight excluding hydrogens is 324 g/mol. The van der Waals surface area contributed by atoms with Crippen LogP contribution in [0.15, 0.2) is 70.5 Å². The van der Waals surface area contributed by atoms with Crippen LogP contribution < -0.4 is 0 Å². The molecule has 2 aromatic carbocycles. The van der Waals surface area contributed by atoms with Gasteiger partial charge in [-0.05, 0) is 38.1 Å². The Hall–Kier alpha value is -2.40. The number of benzene rings is 2. The van der Waals surface area contributed by atoms with Crippen LogP contribution in [-0.2, 0) is 19.1 Å². The van der Waals surface area contributed by atoms with Crippen LogP contribution in [0.4, 0.5) is 0 Å². The molecule has 24 heavy (non-hydrogen) atoms. The average molecular weight is 344 g/mol. The Morgan fingerprint density at radius 3 is 1.46 bits per heavy atom. The molecule has 0 saturated heterocycles. The molecule has 0 fully saturated rings. The van der Waals surface area contributed by atoms with E-state index in [4.69, 9.17) is 9.47 Å². The van der Waals surface area contributed by atoms with Gasteiger partial charge in [-0.2, -0.15) is 0 Å². The number of carbonyl (C=O) groups excluding carboxylic acids is 2. The van der Waals surface area contributed by atoms with E-state index in [0.717, 1.165) is 9.79 Å². The average Bonchev–Trinajstić information content (AvgIpc) is 2.61. The number of hydrogen-bond donors (Lipinski definition) is 0. The van der Waals surface area contributed by atoms with E-state index in [0.29, 0.717) is 0 Å². The summed E-state index contributed by atoms with van der Waals surface area (Å²) in [6.07, 6.45) is 0. The Labute approximate surface area is 144 Å². The van der Waals surface area contributed by atoms with E-state index >= 15 is 0 Å². The zero-order valence-corrected chi connectivity index (χ0v) is 14.5. The molecule has 0 N–H and O–H groups in total. The molecule has 2 aromatic rings. The smallest absolute Gasteiger partial charge is 0.352 e. The van der Waals surface area contributed by atoms with Gasteiger partial charge in [0.1, 0.15) is 0 Å². The molecule has 0 saturated carbocycles. The molecule has 0 aromatic heterocycles. The van der Waals surface area contributed by atoms with Gasteiger partial charge >= 0.3 is 11.9 Å². The van der Waals surface area contributed by atoms with Crippen LogP contribution in [0, 0.1) is 0 Å². The lowest BCUT2D eigenvalue weighted by molar-refractivity contribution is -0.140. The van der Waals surface area contributed by atoms with Crippen molar-refractivity contribution in [1.82, 2.24) is 0 Å². The third-order valence-corrected chi connectivity index (χ3v) is 5.31. The fourth-order valence-corrected chi connectivity index (χ4v) is 4.18. The predicted molar refractivity (Wildman–Crippen MR) is 95.3 cm³/mol. The van der Waals surface area contributed by atoms with Gasteiger partial charge in [0.05, 0.1) is 13.2 Å². The molecule has 0 aliphatic rings. The Kier molecular flexibility index (Phi) is 6.75. The molecular formula is C19H20O4S. The fourth-order valence-electron chi connectivity index (χ4n) is 2.13. The second-order valence-electron chi connectivity index (χ2n) is 4.70. The van der Waals surface area contributed by atoms with Crippen LogP contribution in [-0.4, -0.2) is 30.0 Å². The standard InChI is InChI=1S/C19H20O4S/c1-3-22-18(20)17(19(21)23-4-2)24(15-11-7-5-8-12-15)16-13-9-6-10-14-16/h5-14H,3-4H2,1-2H3. The number of carbonyl (C=O) groups is 2. The minimum absolute atomic E-state index is 0.0242. The lowest BCUT2D eigenvalue weighted by atomic mass is 10.4. The number of ether oxygens (including phenoxy) is 2. The second-order valence-corrected chi connectivity index (χ2v) is 6.67. The minimum atomic E-state index is -0.885. The van der Waals surface area contributed by atoms with Gasteiger partial charge in [-0.25, -0.2) is 9.59 Å². The Bertz CT molecular complexity index is 662. The SMILES string of the molecule is CCOC(=O)C(C(=O)OCC)=S(c1ccccc1)c1ccccc1. The summed E-state index contributed by atoms with van der Waals surface area (Å²) in [6.45, 7) is 3.82. The summed E-state index contributed by atoms with van der Waals surface area (Å²) in [5.41, 5.74) is 0. The van der Waals surface area contributed by atoms with E-state index in [1.165, 1.54) is 0 Å². The molecule has 0 atom stereocenters. The van der Waals surface area contributed by atoms with Crippen molar-refractivity contribution >= 4 is 27.3 Å². The molecule has 5 heteroatoms. The Balaban J connectivity index is 2.72. The van der Waals surface area contributed by atoms with Gasteiger partial charge in [-0.3, -0.25) is 0 Å². The first-order valence-corrected chi connectivity index (χ1v) is 8.97. The van der Waals surface area contributed by atoms with E-state index in [1.54, 1.807) is 13.8 Å². The maximum absolute atomic E-state index is 12.5. The van der Waals surface area contributed by atoms with Crippen molar-refractivity contribution in [2.45, 2.75) is 23.6 Å². The van der Waals surface area contributed by atoms with Crippen LogP contribution in [0.25, 0.3) is 0 Å². The van der Waals surface area contributed by atoms with Crippen molar-refractivity contribution in [3.63, 3.8) is 0 Å². The number of esters is 2. The van der Waals surface area contributed by atoms with Crippen molar-refractivity contribution in [1.29, 1.82) is 0 Å². The van der Waals surface area contributed by atoms with E-state index in [1.807, 2.05) is 60.7 Å². The molecule has 4 nitrogen and oxygen atoms in total. The molecule has 0 unspecified atom stereocenters. The first-order valence-electron chi connectivity index (χ1n) is 7.74. The second kappa shape index (κ2) is 9.03. The summed E-state index contributed by atoms with van der Waals surface area (Å²) in [7, 11) is -0.885. The minimum Gasteiger partial charge on any atom is -0.462 e. The molecule has 0 aliphatic carbocycles. The normalized spacial score (nSPS) is 10.3. The van der Waals surface area contributed by atoms with Crippen molar-refractivity contribution < 1.29 is 19.1 Å². The van der Waals surface area contributed by atoms with Crippen molar-refractivity contribution in [2.24, 2.45) is 0 Å². The summed E-state index contributed by atoms with van der Waals surface area (Å²) in [4.78, 5) is 26.7. The van der Waals surface area contributed by atoms with Gasteiger partial charge in [0.15, 0.2) is 4.86 Å². The maximum atomic E-state index is 12.5. The summed E-state index contributed by atoms with van der Waals surface area (Å²) >= 11 is 0. The summed E-state index contributed by atoms with van der Waals surface area (Å²) < 4.78 is 10.3. The highest BCUT2D eigenvalue weighted by Gasteiger charge is 2.27. The molecule has 126 valence electrons. The van der Waals surface area contributed by atoms with Crippen LogP contribution in [0.2, 0.25) is 0 Å². The number of hydrogen-bond acceptors (Lipinski definition) is 4. The van der Waals surface area contributed by atoms with Crippen molar-refractivity contribution in [3.8, 4) is 0 Å². The lowest BCUT2D eigenvalue weighted by Gasteiger charge is -2.15. The summed E-state index contributed by atoms with van der Waals surface area (Å²) in [5, 5.41) is 0. The summed E-state index contributed by atoms with van der Waals surface area (Å²) in [5.74, 6) is -1.26. The van der Waals surface area contributed by atoms with Crippen molar-refractivity contribution in [2.75, 3.05) is 13.2 Å². The van der Waals surface area contributed by atoms with E-state index in [9.17, 15) is 9.59 Å². The molecule has 0 heterocycles. The number of rotatable bonds is 6. The third kappa shape index (κ3) is 4.32. The van der Waals surface area contributed by atoms with Gasteiger partial charge in [0, 0.05) is 9.79 Å². The lowest BCUT2D eigenvalue weighted by Crippen LogP contribution is -2.28. The quantitative estimate of drug-likeness (QED) is 0.456. The highest BCUT2D eigenvalue weighted by molar-refractivity contribution is 8.18. The van der Waals surface area contributed by atoms with Crippen LogP contribution in [0.3, 0.4) is 0 Å². The zero-order valence-electron chi connectivity index (χ0n) is 13.7. The molecule has 0 spiro atoms. The Morgan fingerprint density at radius 1 is 0.750 bits per heavy atom. The topological polar surface area (TPSA) is 52.6 Å². The van der Waals surface area contributed by atoms with Gasteiger partial charge in [-0.15, -0.1) is 10.5 Å². The van der Waals surface area contributed by atoms with E-state index in [2.05, 4.69) is 0 Å². The predicted octanol–water partition coefficient (Wildman–Crippen LogP) is 3.67. The van der Waals surface area contributed by atoms with Gasteiger partial charge < -0.3 is 9.47 Å². The molecule has 2 rings (SSSR count).